The van der Waals surface area contributed by atoms with Crippen molar-refractivity contribution < 1.29 is 32.3 Å². The van der Waals surface area contributed by atoms with Gasteiger partial charge in [0, 0.05) is 21.5 Å². The molecule has 1 heterocycles. The lowest BCUT2D eigenvalue weighted by atomic mass is 10.1. The summed E-state index contributed by atoms with van der Waals surface area (Å²) in [6.07, 6.45) is 0. The lowest BCUT2D eigenvalue weighted by Gasteiger charge is -2.07. The third-order valence-corrected chi connectivity index (χ3v) is 4.82. The molecule has 0 saturated heterocycles. The van der Waals surface area contributed by atoms with E-state index in [1.54, 1.807) is 25.1 Å². The first-order valence-electron chi connectivity index (χ1n) is 9.05. The number of anilines is 1. The molecular formula is C21H19F2NO5S. The molecule has 1 aromatic heterocycles. The minimum absolute atomic E-state index is 0.0137. The van der Waals surface area contributed by atoms with Crippen molar-refractivity contribution in [2.24, 2.45) is 0 Å². The predicted octanol–water partition coefficient (Wildman–Crippen LogP) is 5.25. The van der Waals surface area contributed by atoms with Gasteiger partial charge in [0.25, 0.3) is 11.7 Å². The van der Waals surface area contributed by atoms with E-state index in [4.69, 9.17) is 13.9 Å². The van der Waals surface area contributed by atoms with E-state index in [2.05, 4.69) is 5.32 Å². The van der Waals surface area contributed by atoms with Crippen LogP contribution in [0.5, 0.6) is 5.75 Å². The van der Waals surface area contributed by atoms with Gasteiger partial charge in [-0.25, -0.2) is 4.79 Å². The van der Waals surface area contributed by atoms with E-state index >= 15 is 0 Å². The molecule has 0 spiro atoms. The van der Waals surface area contributed by atoms with Crippen molar-refractivity contribution in [3.63, 3.8) is 0 Å². The zero-order chi connectivity index (χ0) is 21.7. The van der Waals surface area contributed by atoms with Gasteiger partial charge in [0.2, 0.25) is 5.76 Å². The number of fused-ring (bicyclic) bond motifs is 1. The van der Waals surface area contributed by atoms with E-state index < -0.39 is 24.2 Å². The third kappa shape index (κ3) is 5.29. The lowest BCUT2D eigenvalue weighted by molar-refractivity contribution is -0.119. The fraction of sp³-hybridized carbons (Fsp3) is 0.238. The molecule has 0 unspecified atom stereocenters. The van der Waals surface area contributed by atoms with E-state index in [1.165, 1.54) is 24.3 Å². The smallest absolute Gasteiger partial charge is 0.375 e. The van der Waals surface area contributed by atoms with Crippen molar-refractivity contribution in [1.29, 1.82) is 0 Å². The van der Waals surface area contributed by atoms with Crippen LogP contribution in [0, 0.1) is 6.92 Å². The number of benzene rings is 2. The highest BCUT2D eigenvalue weighted by Crippen LogP contribution is 2.29. The molecule has 0 bridgehead atoms. The highest BCUT2D eigenvalue weighted by molar-refractivity contribution is 7.99. The van der Waals surface area contributed by atoms with Crippen LogP contribution in [-0.4, -0.2) is 30.8 Å². The molecule has 0 saturated carbocycles. The Balaban J connectivity index is 1.59. The van der Waals surface area contributed by atoms with Crippen LogP contribution in [0.2, 0.25) is 0 Å². The van der Waals surface area contributed by atoms with Crippen molar-refractivity contribution in [2.75, 3.05) is 18.5 Å². The minimum Gasteiger partial charge on any atom is -0.494 e. The first kappa shape index (κ1) is 21.6. The third-order valence-electron chi connectivity index (χ3n) is 4.10. The largest absolute Gasteiger partial charge is 0.494 e. The molecule has 2 aromatic carbocycles. The van der Waals surface area contributed by atoms with E-state index in [1.807, 2.05) is 6.92 Å². The van der Waals surface area contributed by atoms with Crippen LogP contribution in [0.25, 0.3) is 11.0 Å². The highest BCUT2D eigenvalue weighted by Gasteiger charge is 2.20. The molecule has 0 aliphatic carbocycles. The SMILES string of the molecule is CCOc1ccc2oc(C(=O)OCC(=O)Nc3ccc(SC(F)F)cc3)c(C)c2c1. The van der Waals surface area contributed by atoms with Gasteiger partial charge < -0.3 is 19.2 Å². The molecule has 3 aromatic rings. The van der Waals surface area contributed by atoms with Gasteiger partial charge in [-0.3, -0.25) is 4.79 Å². The number of carbonyl (C=O) groups excluding carboxylic acids is 2. The van der Waals surface area contributed by atoms with Gasteiger partial charge in [0.05, 0.1) is 6.61 Å². The Hall–Kier alpha value is -3.07. The Morgan fingerprint density at radius 3 is 2.57 bits per heavy atom. The Morgan fingerprint density at radius 1 is 1.17 bits per heavy atom. The maximum atomic E-state index is 12.3. The highest BCUT2D eigenvalue weighted by atomic mass is 32.2. The van der Waals surface area contributed by atoms with E-state index in [0.29, 0.717) is 45.8 Å². The number of esters is 1. The fourth-order valence-corrected chi connectivity index (χ4v) is 3.26. The average molecular weight is 435 g/mol. The summed E-state index contributed by atoms with van der Waals surface area (Å²) < 4.78 is 40.7. The summed E-state index contributed by atoms with van der Waals surface area (Å²) in [5, 5.41) is 3.25. The molecule has 0 fully saturated rings. The molecule has 6 nitrogen and oxygen atoms in total. The standard InChI is InChI=1S/C21H19F2NO5S/c1-3-27-14-6-9-17-16(10-14)12(2)19(29-17)20(26)28-11-18(25)24-13-4-7-15(8-5-13)30-21(22)23/h4-10,21H,3,11H2,1-2H3,(H,24,25). The quantitative estimate of drug-likeness (QED) is 0.385. The number of ether oxygens (including phenoxy) is 2. The molecule has 0 atom stereocenters. The molecule has 0 radical (unpaired) electrons. The number of hydrogen-bond donors (Lipinski definition) is 1. The number of rotatable bonds is 8. The van der Waals surface area contributed by atoms with Gasteiger partial charge in [-0.05, 0) is 56.3 Å². The monoisotopic (exact) mass is 435 g/mol. The number of thioether (sulfide) groups is 1. The van der Waals surface area contributed by atoms with Gasteiger partial charge in [0.1, 0.15) is 11.3 Å². The number of amides is 1. The molecule has 1 N–H and O–H groups in total. The summed E-state index contributed by atoms with van der Waals surface area (Å²) in [7, 11) is 0. The molecule has 158 valence electrons. The Bertz CT molecular complexity index is 1050. The molecule has 3 rings (SSSR count). The number of carbonyl (C=O) groups is 2. The van der Waals surface area contributed by atoms with E-state index in [0.717, 1.165) is 5.39 Å². The van der Waals surface area contributed by atoms with E-state index in [9.17, 15) is 18.4 Å². The molecule has 30 heavy (non-hydrogen) atoms. The van der Waals surface area contributed by atoms with Crippen molar-refractivity contribution in [3.8, 4) is 5.75 Å². The Morgan fingerprint density at radius 2 is 1.90 bits per heavy atom. The lowest BCUT2D eigenvalue weighted by Crippen LogP contribution is -2.21. The number of halogens is 2. The van der Waals surface area contributed by atoms with Crippen molar-refractivity contribution in [2.45, 2.75) is 24.5 Å². The number of aryl methyl sites for hydroxylation is 1. The molecule has 9 heteroatoms. The zero-order valence-electron chi connectivity index (χ0n) is 16.2. The predicted molar refractivity (Wildman–Crippen MR) is 109 cm³/mol. The number of furan rings is 1. The van der Waals surface area contributed by atoms with Crippen molar-refractivity contribution in [1.82, 2.24) is 0 Å². The molecule has 0 aliphatic rings. The van der Waals surface area contributed by atoms with Gasteiger partial charge >= 0.3 is 5.97 Å². The molecule has 0 aliphatic heterocycles. The van der Waals surface area contributed by atoms with Crippen molar-refractivity contribution in [3.05, 3.63) is 53.8 Å². The van der Waals surface area contributed by atoms with Crippen LogP contribution in [0.4, 0.5) is 14.5 Å². The van der Waals surface area contributed by atoms with Gasteiger partial charge in [-0.2, -0.15) is 8.78 Å². The second-order valence-electron chi connectivity index (χ2n) is 6.17. The second-order valence-corrected chi connectivity index (χ2v) is 7.24. The molecule has 1 amide bonds. The van der Waals surface area contributed by atoms with Gasteiger partial charge in [0.15, 0.2) is 6.61 Å². The maximum Gasteiger partial charge on any atom is 0.375 e. The normalized spacial score (nSPS) is 11.0. The first-order chi connectivity index (χ1) is 14.4. The van der Waals surface area contributed by atoms with E-state index in [-0.39, 0.29) is 5.76 Å². The Kier molecular flexibility index (Phi) is 6.94. The number of hydrogen-bond acceptors (Lipinski definition) is 6. The van der Waals surface area contributed by atoms with Crippen LogP contribution in [0.15, 0.2) is 51.8 Å². The second kappa shape index (κ2) is 9.62. The van der Waals surface area contributed by atoms with Gasteiger partial charge in [-0.1, -0.05) is 11.8 Å². The maximum absolute atomic E-state index is 12.3. The van der Waals surface area contributed by atoms with Crippen LogP contribution in [-0.2, 0) is 9.53 Å². The van der Waals surface area contributed by atoms with Crippen LogP contribution in [0.3, 0.4) is 0 Å². The summed E-state index contributed by atoms with van der Waals surface area (Å²) >= 11 is 0.411. The summed E-state index contributed by atoms with van der Waals surface area (Å²) in [5.41, 5.74) is 1.50. The Labute approximate surface area is 175 Å². The van der Waals surface area contributed by atoms with Crippen LogP contribution < -0.4 is 10.1 Å². The summed E-state index contributed by atoms with van der Waals surface area (Å²) in [4.78, 5) is 24.7. The summed E-state index contributed by atoms with van der Waals surface area (Å²) in [6, 6.07) is 11.1. The van der Waals surface area contributed by atoms with Crippen LogP contribution >= 0.6 is 11.8 Å². The average Bonchev–Trinajstić information content (AvgIpc) is 3.04. The summed E-state index contributed by atoms with van der Waals surface area (Å²) in [5.74, 6) is -3.17. The zero-order valence-corrected chi connectivity index (χ0v) is 17.1. The minimum atomic E-state index is -2.52. The first-order valence-corrected chi connectivity index (χ1v) is 9.93. The number of nitrogens with one attached hydrogen (secondary N) is 1. The molecular weight excluding hydrogens is 416 g/mol. The van der Waals surface area contributed by atoms with Gasteiger partial charge in [-0.15, -0.1) is 0 Å². The van der Waals surface area contributed by atoms with Crippen LogP contribution in [0.1, 0.15) is 23.0 Å². The topological polar surface area (TPSA) is 77.8 Å². The number of alkyl halides is 2. The summed E-state index contributed by atoms with van der Waals surface area (Å²) in [6.45, 7) is 3.58. The fourth-order valence-electron chi connectivity index (χ4n) is 2.76. The van der Waals surface area contributed by atoms with Crippen molar-refractivity contribution >= 4 is 40.3 Å².